The van der Waals surface area contributed by atoms with Crippen molar-refractivity contribution in [3.63, 3.8) is 0 Å². The van der Waals surface area contributed by atoms with Crippen molar-refractivity contribution in [3.05, 3.63) is 0 Å². The third-order valence-corrected chi connectivity index (χ3v) is 9.01. The number of hydrogen-bond acceptors (Lipinski definition) is 4. The second-order valence-corrected chi connectivity index (χ2v) is 16.0. The second kappa shape index (κ2) is 30.3. The minimum absolute atomic E-state index is 0.248. The Balaban J connectivity index is 3.77. The van der Waals surface area contributed by atoms with Crippen molar-refractivity contribution in [2.24, 2.45) is 17.3 Å². The van der Waals surface area contributed by atoms with E-state index in [1.807, 2.05) is 20.8 Å². The summed E-state index contributed by atoms with van der Waals surface area (Å²) < 4.78 is 11.3. The highest BCUT2D eigenvalue weighted by Gasteiger charge is 2.31. The van der Waals surface area contributed by atoms with Crippen LogP contribution in [0.1, 0.15) is 228 Å². The molecule has 45 heavy (non-hydrogen) atoms. The van der Waals surface area contributed by atoms with Crippen LogP contribution in [-0.4, -0.2) is 18.2 Å². The number of carbonyl (C=O) groups is 2. The van der Waals surface area contributed by atoms with Gasteiger partial charge in [0.25, 0.3) is 6.29 Å². The fraction of sp³-hybridized carbons (Fsp3) is 0.951. The van der Waals surface area contributed by atoms with Gasteiger partial charge in [-0.3, -0.25) is 9.59 Å². The summed E-state index contributed by atoms with van der Waals surface area (Å²) in [6, 6.07) is 0. The summed E-state index contributed by atoms with van der Waals surface area (Å²) in [5, 5.41) is 0. The maximum Gasteiger partial charge on any atom is 0.308 e. The quantitative estimate of drug-likeness (QED) is 0.0419. The topological polar surface area (TPSA) is 52.6 Å². The summed E-state index contributed by atoms with van der Waals surface area (Å²) in [4.78, 5) is 25.0. The van der Waals surface area contributed by atoms with Crippen LogP contribution in [0.3, 0.4) is 0 Å². The lowest BCUT2D eigenvalue weighted by Gasteiger charge is -2.29. The number of esters is 2. The Bertz CT molecular complexity index is 613. The Morgan fingerprint density at radius 2 is 0.622 bits per heavy atom. The number of hydrogen-bond donors (Lipinski definition) is 0. The number of carbonyl (C=O) groups excluding carboxylic acids is 2. The van der Waals surface area contributed by atoms with Crippen LogP contribution in [0.25, 0.3) is 0 Å². The molecule has 0 heterocycles. The highest BCUT2D eigenvalue weighted by Crippen LogP contribution is 2.25. The van der Waals surface area contributed by atoms with Gasteiger partial charge in [-0.15, -0.1) is 0 Å². The summed E-state index contributed by atoms with van der Waals surface area (Å²) in [6.45, 7) is 15.1. The van der Waals surface area contributed by atoms with Crippen LogP contribution in [0, 0.1) is 17.3 Å². The Hall–Kier alpha value is -1.06. The normalized spacial score (nSPS) is 12.0. The number of rotatable bonds is 32. The van der Waals surface area contributed by atoms with Crippen molar-refractivity contribution in [1.29, 1.82) is 0 Å². The molecule has 0 atom stereocenters. The zero-order chi connectivity index (χ0) is 33.6. The van der Waals surface area contributed by atoms with Crippen LogP contribution in [0.5, 0.6) is 0 Å². The molecule has 0 aromatic carbocycles. The predicted octanol–water partition coefficient (Wildman–Crippen LogP) is 13.7. The van der Waals surface area contributed by atoms with E-state index in [2.05, 4.69) is 27.7 Å². The molecular weight excluding hydrogens is 556 g/mol. The predicted molar refractivity (Wildman–Crippen MR) is 194 cm³/mol. The van der Waals surface area contributed by atoms with Gasteiger partial charge < -0.3 is 9.47 Å². The van der Waals surface area contributed by atoms with Crippen LogP contribution < -0.4 is 0 Å². The van der Waals surface area contributed by atoms with E-state index in [4.69, 9.17) is 9.47 Å². The molecule has 0 unspecified atom stereocenters. The summed E-state index contributed by atoms with van der Waals surface area (Å²) >= 11 is 0. The first-order valence-corrected chi connectivity index (χ1v) is 19.9. The van der Waals surface area contributed by atoms with E-state index >= 15 is 0 Å². The first-order valence-electron chi connectivity index (χ1n) is 19.9. The van der Waals surface area contributed by atoms with E-state index in [1.165, 1.54) is 141 Å². The van der Waals surface area contributed by atoms with Crippen molar-refractivity contribution in [2.75, 3.05) is 0 Å². The van der Waals surface area contributed by atoms with Gasteiger partial charge in [-0.1, -0.05) is 203 Å². The fourth-order valence-corrected chi connectivity index (χ4v) is 5.91. The molecule has 0 aromatic heterocycles. The number of unbranched alkanes of at least 4 members (excludes halogenated alkanes) is 22. The lowest BCUT2D eigenvalue weighted by atomic mass is 9.96. The second-order valence-electron chi connectivity index (χ2n) is 16.0. The summed E-state index contributed by atoms with van der Waals surface area (Å²) in [5.41, 5.74) is -0.437. The van der Waals surface area contributed by atoms with E-state index in [0.29, 0.717) is 12.8 Å². The van der Waals surface area contributed by atoms with Crippen LogP contribution in [-0.2, 0) is 19.1 Å². The van der Waals surface area contributed by atoms with Crippen LogP contribution >= 0.6 is 0 Å². The summed E-state index contributed by atoms with van der Waals surface area (Å²) in [7, 11) is 0. The molecule has 0 saturated carbocycles. The van der Waals surface area contributed by atoms with Gasteiger partial charge in [0.05, 0.1) is 0 Å². The van der Waals surface area contributed by atoms with Gasteiger partial charge in [-0.2, -0.15) is 0 Å². The average molecular weight is 637 g/mol. The molecule has 0 aromatic rings. The van der Waals surface area contributed by atoms with Gasteiger partial charge in [0, 0.05) is 18.3 Å². The monoisotopic (exact) mass is 637 g/mol. The molecule has 0 aliphatic carbocycles. The van der Waals surface area contributed by atoms with Crippen molar-refractivity contribution >= 4 is 11.9 Å². The van der Waals surface area contributed by atoms with Gasteiger partial charge >= 0.3 is 11.9 Å². The molecule has 4 heteroatoms. The highest BCUT2D eigenvalue weighted by molar-refractivity contribution is 5.71. The first kappa shape index (κ1) is 43.9. The minimum atomic E-state index is -0.817. The number of ether oxygens (including phenoxy) is 2. The molecule has 0 N–H and O–H groups in total. The SMILES string of the molecule is CC(C)CCCCCCCCCCCCCCC(=O)OC(OC(=O)CCCCCCCCCCCCCCC(C)C)C(C)(C)C. The zero-order valence-corrected chi connectivity index (χ0v) is 31.7. The molecule has 0 bridgehead atoms. The molecule has 0 radical (unpaired) electrons. The lowest BCUT2D eigenvalue weighted by molar-refractivity contribution is -0.207. The molecule has 0 spiro atoms. The standard InChI is InChI=1S/C41H80O4/c1-36(2)32-28-24-20-16-12-8-10-14-18-22-26-30-34-38(42)44-40(41(5,6)7)45-39(43)35-31-27-23-19-15-11-9-13-17-21-25-29-33-37(3)4/h36-37,40H,8-35H2,1-7H3. The minimum Gasteiger partial charge on any atom is -0.425 e. The lowest BCUT2D eigenvalue weighted by Crippen LogP contribution is -2.36. The van der Waals surface area contributed by atoms with Crippen LogP contribution in [0.2, 0.25) is 0 Å². The van der Waals surface area contributed by atoms with Crippen LogP contribution in [0.4, 0.5) is 0 Å². The molecule has 0 saturated heterocycles. The third-order valence-electron chi connectivity index (χ3n) is 9.01. The third kappa shape index (κ3) is 32.7. The molecule has 0 amide bonds. The molecule has 268 valence electrons. The Labute approximate surface area is 282 Å². The molecule has 0 rings (SSSR count). The van der Waals surface area contributed by atoms with E-state index < -0.39 is 11.7 Å². The van der Waals surface area contributed by atoms with Crippen LogP contribution in [0.15, 0.2) is 0 Å². The van der Waals surface area contributed by atoms with E-state index in [0.717, 1.165) is 37.5 Å². The van der Waals surface area contributed by atoms with Gasteiger partial charge in [0.15, 0.2) is 0 Å². The van der Waals surface area contributed by atoms with Gasteiger partial charge in [-0.25, -0.2) is 0 Å². The molecule has 0 aliphatic rings. The largest absolute Gasteiger partial charge is 0.425 e. The van der Waals surface area contributed by atoms with Crippen molar-refractivity contribution in [3.8, 4) is 0 Å². The van der Waals surface area contributed by atoms with Gasteiger partial charge in [0.2, 0.25) is 0 Å². The first-order chi connectivity index (χ1) is 21.5. The summed E-state index contributed by atoms with van der Waals surface area (Å²) in [6.07, 6.45) is 33.4. The summed E-state index contributed by atoms with van der Waals surface area (Å²) in [5.74, 6) is 1.20. The van der Waals surface area contributed by atoms with Gasteiger partial charge in [-0.05, 0) is 24.7 Å². The van der Waals surface area contributed by atoms with Gasteiger partial charge in [0.1, 0.15) is 0 Å². The van der Waals surface area contributed by atoms with E-state index in [1.54, 1.807) is 0 Å². The molecule has 0 fully saturated rings. The molecule has 0 aliphatic heterocycles. The highest BCUT2D eigenvalue weighted by atomic mass is 16.7. The zero-order valence-electron chi connectivity index (χ0n) is 31.7. The fourth-order valence-electron chi connectivity index (χ4n) is 5.91. The van der Waals surface area contributed by atoms with E-state index in [9.17, 15) is 9.59 Å². The van der Waals surface area contributed by atoms with E-state index in [-0.39, 0.29) is 11.9 Å². The Kier molecular flexibility index (Phi) is 29.6. The van der Waals surface area contributed by atoms with Crippen molar-refractivity contribution in [2.45, 2.75) is 235 Å². The maximum absolute atomic E-state index is 12.5. The Morgan fingerprint density at radius 1 is 0.400 bits per heavy atom. The smallest absolute Gasteiger partial charge is 0.308 e. The molecule has 4 nitrogen and oxygen atoms in total. The van der Waals surface area contributed by atoms with Crippen molar-refractivity contribution < 1.29 is 19.1 Å². The Morgan fingerprint density at radius 3 is 0.844 bits per heavy atom. The van der Waals surface area contributed by atoms with Crippen molar-refractivity contribution in [1.82, 2.24) is 0 Å². The maximum atomic E-state index is 12.5. The molecular formula is C41H80O4. The average Bonchev–Trinajstić information content (AvgIpc) is 2.96.